The van der Waals surface area contributed by atoms with E-state index in [1.54, 1.807) is 0 Å². The summed E-state index contributed by atoms with van der Waals surface area (Å²) in [6.45, 7) is 0. The van der Waals surface area contributed by atoms with E-state index >= 15 is 0 Å². The predicted octanol–water partition coefficient (Wildman–Crippen LogP) is 13.9. The molecule has 0 fully saturated rings. The molecule has 69 heavy (non-hydrogen) atoms. The van der Waals surface area contributed by atoms with Crippen molar-refractivity contribution in [2.24, 2.45) is 4.99 Å². The Labute approximate surface area is 402 Å². The highest BCUT2D eigenvalue weighted by molar-refractivity contribution is 6.14. The van der Waals surface area contributed by atoms with Crippen LogP contribution in [-0.2, 0) is 5.41 Å². The molecule has 2 unspecified atom stereocenters. The van der Waals surface area contributed by atoms with Crippen molar-refractivity contribution < 1.29 is 4.99 Å². The van der Waals surface area contributed by atoms with Crippen molar-refractivity contribution >= 4 is 33.2 Å². The Bertz CT molecular complexity index is 3760. The highest BCUT2D eigenvalue weighted by Gasteiger charge is 2.46. The lowest BCUT2D eigenvalue weighted by Crippen LogP contribution is -2.80. The van der Waals surface area contributed by atoms with E-state index in [1.165, 1.54) is 82.7 Å². The zero-order valence-electron chi connectivity index (χ0n) is 37.9. The molecule has 324 valence electrons. The molecular formula is C66H46N3+. The maximum Gasteiger partial charge on any atom is 0.283 e. The van der Waals surface area contributed by atoms with Crippen molar-refractivity contribution in [1.29, 1.82) is 0 Å². The third-order valence-corrected chi connectivity index (χ3v) is 14.3. The second-order valence-corrected chi connectivity index (χ2v) is 18.1. The number of nitrogens with zero attached hydrogens (tertiary/aromatic N) is 1. The molecule has 2 N–H and O–H groups in total. The van der Waals surface area contributed by atoms with Gasteiger partial charge in [-0.1, -0.05) is 237 Å². The number of hydrogen-bond donors (Lipinski definition) is 2. The van der Waals surface area contributed by atoms with Gasteiger partial charge in [-0.05, 0) is 113 Å². The van der Waals surface area contributed by atoms with Crippen LogP contribution in [0.15, 0.2) is 266 Å². The molecule has 3 heteroatoms. The maximum atomic E-state index is 5.30. The Morgan fingerprint density at radius 3 is 1.58 bits per heavy atom. The van der Waals surface area contributed by atoms with Crippen LogP contribution in [0.2, 0.25) is 0 Å². The Balaban J connectivity index is 0.899. The van der Waals surface area contributed by atoms with Crippen LogP contribution in [0.4, 0.5) is 0 Å². The molecule has 2 atom stereocenters. The number of aliphatic imine (C=N–C) groups is 1. The summed E-state index contributed by atoms with van der Waals surface area (Å²) in [5.74, 6) is 1.74. The fraction of sp³-hybridized carbons (Fsp3) is 0.0303. The molecule has 0 bridgehead atoms. The Morgan fingerprint density at radius 1 is 0.348 bits per heavy atom. The number of amidine groups is 2. The van der Waals surface area contributed by atoms with Gasteiger partial charge >= 0.3 is 0 Å². The summed E-state index contributed by atoms with van der Waals surface area (Å²) < 4.78 is 0. The molecule has 11 aromatic carbocycles. The fourth-order valence-corrected chi connectivity index (χ4v) is 11.1. The number of fused-ring (bicyclic) bond motifs is 6. The lowest BCUT2D eigenvalue weighted by atomic mass is 9.67. The molecule has 2 aliphatic rings. The summed E-state index contributed by atoms with van der Waals surface area (Å²) in [6.07, 6.45) is -0.278. The molecule has 1 aliphatic heterocycles. The maximum absolute atomic E-state index is 5.30. The van der Waals surface area contributed by atoms with Crippen LogP contribution in [0.5, 0.6) is 0 Å². The monoisotopic (exact) mass is 880 g/mol. The van der Waals surface area contributed by atoms with Crippen LogP contribution in [0.3, 0.4) is 0 Å². The van der Waals surface area contributed by atoms with Crippen molar-refractivity contribution in [3.8, 4) is 44.5 Å². The van der Waals surface area contributed by atoms with Crippen molar-refractivity contribution in [3.05, 3.63) is 300 Å². The third-order valence-electron chi connectivity index (χ3n) is 14.3. The Morgan fingerprint density at radius 2 is 0.870 bits per heavy atom. The van der Waals surface area contributed by atoms with Crippen molar-refractivity contribution in [2.75, 3.05) is 0 Å². The molecule has 13 rings (SSSR count). The van der Waals surface area contributed by atoms with Gasteiger partial charge in [0.05, 0.1) is 11.0 Å². The standard InChI is InChI=1S/C66H45N3/c1-4-16-44(17-5-1)45-28-32-51(33-29-45)64-67-63(50-20-6-2-7-21-50)68-65(69-64)52-34-30-49(31-35-52)61-55-24-12-10-18-46(55)38-42-57(61)48-36-40-54(41-37-48)66(53-22-8-3-9-23-53)59-27-15-14-26-58(59)62-56-25-13-11-19-47(56)39-43-60(62)66/h1-43,64H,(H,67,68,69)/p+1. The Kier molecular flexibility index (Phi) is 9.80. The van der Waals surface area contributed by atoms with Gasteiger partial charge in [-0.2, -0.15) is 4.99 Å². The molecule has 0 radical (unpaired) electrons. The first-order chi connectivity index (χ1) is 34.2. The molecule has 3 nitrogen and oxygen atoms in total. The molecule has 11 aromatic rings. The van der Waals surface area contributed by atoms with Gasteiger partial charge in [0, 0.05) is 11.1 Å². The number of hydrogen-bond acceptors (Lipinski definition) is 2. The zero-order valence-corrected chi connectivity index (χ0v) is 37.9. The van der Waals surface area contributed by atoms with Gasteiger partial charge in [-0.25, -0.2) is 10.3 Å². The van der Waals surface area contributed by atoms with E-state index in [1.807, 2.05) is 6.07 Å². The van der Waals surface area contributed by atoms with Gasteiger partial charge < -0.3 is 0 Å². The molecule has 0 saturated heterocycles. The SMILES string of the molecule is c1ccc(C2=[NH+]C(c3ccc(-c4ccccc4)cc3)N=C(c3ccc(-c4c(-c5ccc(C6(c7ccccc7)c7ccccc7-c7c6ccc6ccccc76)cc5)ccc5ccccc45)cc3)N2)cc1. The summed E-state index contributed by atoms with van der Waals surface area (Å²) in [4.78, 5) is 9.00. The quantitative estimate of drug-likeness (QED) is 0.157. The minimum Gasteiger partial charge on any atom is -0.247 e. The highest BCUT2D eigenvalue weighted by Crippen LogP contribution is 2.58. The first kappa shape index (κ1) is 40.4. The lowest BCUT2D eigenvalue weighted by Gasteiger charge is -2.34. The average molecular weight is 881 g/mol. The number of nitrogens with one attached hydrogen (secondary N) is 2. The fourth-order valence-electron chi connectivity index (χ4n) is 11.1. The minimum absolute atomic E-state index is 0.278. The summed E-state index contributed by atoms with van der Waals surface area (Å²) >= 11 is 0. The van der Waals surface area contributed by atoms with E-state index in [0.717, 1.165) is 33.9 Å². The molecule has 0 spiro atoms. The van der Waals surface area contributed by atoms with E-state index in [9.17, 15) is 0 Å². The normalized spacial score (nSPS) is 16.0. The van der Waals surface area contributed by atoms with Crippen LogP contribution in [-0.4, -0.2) is 11.7 Å². The molecular weight excluding hydrogens is 835 g/mol. The number of benzene rings is 11. The van der Waals surface area contributed by atoms with Crippen molar-refractivity contribution in [3.63, 3.8) is 0 Å². The Hall–Kier alpha value is -8.92. The van der Waals surface area contributed by atoms with Gasteiger partial charge in [-0.15, -0.1) is 0 Å². The summed E-state index contributed by atoms with van der Waals surface area (Å²) in [5.41, 5.74) is 17.5. The van der Waals surface area contributed by atoms with E-state index < -0.39 is 5.41 Å². The average Bonchev–Trinajstić information content (AvgIpc) is 3.75. The predicted molar refractivity (Wildman–Crippen MR) is 285 cm³/mol. The first-order valence-electron chi connectivity index (χ1n) is 23.8. The van der Waals surface area contributed by atoms with Crippen LogP contribution in [0, 0.1) is 0 Å². The molecule has 1 aliphatic carbocycles. The second-order valence-electron chi connectivity index (χ2n) is 18.1. The van der Waals surface area contributed by atoms with Crippen molar-refractivity contribution in [1.82, 2.24) is 5.32 Å². The third kappa shape index (κ3) is 6.81. The smallest absolute Gasteiger partial charge is 0.247 e. The zero-order chi connectivity index (χ0) is 45.7. The summed E-state index contributed by atoms with van der Waals surface area (Å²) in [5, 5.41) is 8.64. The molecule has 0 aromatic heterocycles. The van der Waals surface area contributed by atoms with Crippen LogP contribution >= 0.6 is 0 Å². The van der Waals surface area contributed by atoms with E-state index in [-0.39, 0.29) is 6.17 Å². The van der Waals surface area contributed by atoms with E-state index in [0.29, 0.717) is 0 Å². The minimum atomic E-state index is -0.494. The summed E-state index contributed by atoms with van der Waals surface area (Å²) in [7, 11) is 0. The van der Waals surface area contributed by atoms with Gasteiger partial charge in [0.2, 0.25) is 12.0 Å². The van der Waals surface area contributed by atoms with E-state index in [4.69, 9.17) is 4.99 Å². The lowest BCUT2D eigenvalue weighted by molar-refractivity contribution is -0.510. The van der Waals surface area contributed by atoms with Gasteiger partial charge in [0.1, 0.15) is 0 Å². The molecule has 0 amide bonds. The largest absolute Gasteiger partial charge is 0.283 e. The van der Waals surface area contributed by atoms with Crippen LogP contribution in [0.25, 0.3) is 66.1 Å². The number of rotatable bonds is 8. The van der Waals surface area contributed by atoms with Gasteiger partial charge in [0.15, 0.2) is 0 Å². The van der Waals surface area contributed by atoms with Gasteiger partial charge in [-0.3, -0.25) is 0 Å². The van der Waals surface area contributed by atoms with Gasteiger partial charge in [0.25, 0.3) is 5.84 Å². The molecule has 1 heterocycles. The first-order valence-corrected chi connectivity index (χ1v) is 23.8. The van der Waals surface area contributed by atoms with Crippen LogP contribution < -0.4 is 10.3 Å². The highest BCUT2D eigenvalue weighted by atomic mass is 15.2. The van der Waals surface area contributed by atoms with Crippen molar-refractivity contribution in [2.45, 2.75) is 11.6 Å². The second kappa shape index (κ2) is 16.7. The topological polar surface area (TPSA) is 38.4 Å². The molecule has 0 saturated carbocycles. The van der Waals surface area contributed by atoms with Crippen LogP contribution in [0.1, 0.15) is 45.1 Å². The summed E-state index contributed by atoms with van der Waals surface area (Å²) in [6, 6.07) is 94.9. The van der Waals surface area contributed by atoms with E-state index in [2.05, 4.69) is 265 Å².